The number of aryl methyl sites for hydroxylation is 1. The van der Waals surface area contributed by atoms with Crippen molar-refractivity contribution < 1.29 is 23.6 Å². The number of hydrogen-bond donors (Lipinski definition) is 1. The van der Waals surface area contributed by atoms with Gasteiger partial charge in [-0.3, -0.25) is 4.79 Å². The molecule has 1 N–H and O–H groups in total. The predicted octanol–water partition coefficient (Wildman–Crippen LogP) is 13.2. The van der Waals surface area contributed by atoms with Gasteiger partial charge in [0.05, 0.1) is 39.4 Å². The number of oxazole rings is 1. The molecular formula is C47H61N2O4S+. The maximum atomic E-state index is 13.8. The van der Waals surface area contributed by atoms with Gasteiger partial charge >= 0.3 is 5.89 Å². The van der Waals surface area contributed by atoms with Crippen molar-refractivity contribution in [2.45, 2.75) is 148 Å². The van der Waals surface area contributed by atoms with Crippen LogP contribution in [-0.4, -0.2) is 23.5 Å². The highest BCUT2D eigenvalue weighted by Crippen LogP contribution is 2.49. The average Bonchev–Trinajstić information content (AvgIpc) is 3.71. The Kier molecular flexibility index (Phi) is 14.4. The number of unbranched alkanes of at least 4 members (excludes halogenated alkanes) is 14. The molecule has 288 valence electrons. The van der Waals surface area contributed by atoms with Gasteiger partial charge in [-0.15, -0.1) is 0 Å². The Morgan fingerprint density at radius 2 is 1.48 bits per heavy atom. The molecule has 0 atom stereocenters. The fraction of sp³-hybridized carbons (Fsp3) is 0.489. The molecule has 54 heavy (non-hydrogen) atoms. The summed E-state index contributed by atoms with van der Waals surface area (Å²) in [6.45, 7) is 10.2. The lowest BCUT2D eigenvalue weighted by atomic mass is 9.87. The highest BCUT2D eigenvalue weighted by molar-refractivity contribution is 8.03. The molecule has 6 nitrogen and oxygen atoms in total. The third-order valence-electron chi connectivity index (χ3n) is 10.7. The zero-order valence-electron chi connectivity index (χ0n) is 33.1. The van der Waals surface area contributed by atoms with Gasteiger partial charge in [0.25, 0.3) is 5.52 Å². The van der Waals surface area contributed by atoms with E-state index in [1.54, 1.807) is 17.8 Å². The van der Waals surface area contributed by atoms with Gasteiger partial charge in [0.15, 0.2) is 6.54 Å². The highest BCUT2D eigenvalue weighted by atomic mass is 32.2. The lowest BCUT2D eigenvalue weighted by Crippen LogP contribution is -2.36. The molecule has 0 spiro atoms. The summed E-state index contributed by atoms with van der Waals surface area (Å²) in [4.78, 5) is 17.3. The van der Waals surface area contributed by atoms with Gasteiger partial charge in [-0.25, -0.2) is 0 Å². The molecular weight excluding hydrogens is 689 g/mol. The molecule has 3 aromatic carbocycles. The number of carbonyl (C=O) groups is 1. The van der Waals surface area contributed by atoms with Crippen LogP contribution >= 0.6 is 11.8 Å². The minimum Gasteiger partial charge on any atom is -0.506 e. The minimum atomic E-state index is -0.156. The molecule has 0 saturated carbocycles. The number of nitrogens with zero attached hydrogens (tertiary/aromatic N) is 2. The Hall–Kier alpha value is -3.97. The number of thioether (sulfide) groups is 1. The standard InChI is InChI=1S/C47H60N2O4S/c1-5-7-9-11-13-15-17-21-29-48-40-27-26-36(52-34(3)4)31-42(40)54-44(48)33-39-46(50)38(47(39)51)32-43-49(30-22-18-16-14-12-10-8-6-2)45-37-24-20-19-23-35(37)25-28-41(45)53-43/h19-20,23-28,31-34H,5-18,21-22,29-30H2,1-4H3/p+1. The van der Waals surface area contributed by atoms with Crippen molar-refractivity contribution in [2.75, 3.05) is 11.4 Å². The predicted molar refractivity (Wildman–Crippen MR) is 225 cm³/mol. The summed E-state index contributed by atoms with van der Waals surface area (Å²) in [5.74, 6) is 1.32. The first kappa shape index (κ1) is 39.7. The number of carbonyl (C=O) groups excluding carboxylic acids is 1. The first-order valence-electron chi connectivity index (χ1n) is 20.9. The molecule has 0 bridgehead atoms. The van der Waals surface area contributed by atoms with E-state index >= 15 is 0 Å². The van der Waals surface area contributed by atoms with E-state index in [0.717, 1.165) is 75.6 Å². The summed E-state index contributed by atoms with van der Waals surface area (Å²) >= 11 is 1.64. The summed E-state index contributed by atoms with van der Waals surface area (Å²) < 4.78 is 14.7. The van der Waals surface area contributed by atoms with Crippen LogP contribution in [0.2, 0.25) is 0 Å². The zero-order chi connectivity index (χ0) is 37.9. The number of ether oxygens (including phenoxy) is 1. The van der Waals surface area contributed by atoms with E-state index in [4.69, 9.17) is 9.15 Å². The summed E-state index contributed by atoms with van der Waals surface area (Å²) in [5, 5.41) is 14.7. The quantitative estimate of drug-likeness (QED) is 0.0490. The second-order valence-electron chi connectivity index (χ2n) is 15.4. The largest absolute Gasteiger partial charge is 0.506 e. The number of aliphatic hydroxyl groups excluding tert-OH is 1. The van der Waals surface area contributed by atoms with Crippen LogP contribution in [0.3, 0.4) is 0 Å². The van der Waals surface area contributed by atoms with E-state index < -0.39 is 0 Å². The third-order valence-corrected chi connectivity index (χ3v) is 11.8. The number of hydrogen-bond acceptors (Lipinski definition) is 6. The molecule has 0 saturated heterocycles. The summed E-state index contributed by atoms with van der Waals surface area (Å²) in [7, 11) is 0. The number of allylic oxidation sites excluding steroid dienone is 3. The maximum absolute atomic E-state index is 13.8. The second kappa shape index (κ2) is 19.6. The SMILES string of the molecule is CCCCCCCCCCN1C(=CC2=C(O)C(=Cc3oc4ccc5ccccc5c4[n+]3CCCCCCCCCC)C2=O)Sc2cc(OC(C)C)ccc21. The zero-order valence-corrected chi connectivity index (χ0v) is 33.9. The van der Waals surface area contributed by atoms with Gasteiger partial charge in [0, 0.05) is 17.9 Å². The van der Waals surface area contributed by atoms with Crippen molar-refractivity contribution in [3.8, 4) is 5.75 Å². The molecule has 4 aromatic rings. The second-order valence-corrected chi connectivity index (χ2v) is 16.4. The van der Waals surface area contributed by atoms with Gasteiger partial charge in [0.2, 0.25) is 11.4 Å². The van der Waals surface area contributed by atoms with E-state index in [1.807, 2.05) is 32.1 Å². The van der Waals surface area contributed by atoms with Gasteiger partial charge in [-0.1, -0.05) is 133 Å². The van der Waals surface area contributed by atoms with E-state index in [-0.39, 0.29) is 17.6 Å². The fourth-order valence-corrected chi connectivity index (χ4v) is 8.90. The molecule has 0 amide bonds. The number of benzene rings is 3. The molecule has 2 heterocycles. The topological polar surface area (TPSA) is 66.8 Å². The number of anilines is 1. The Labute approximate surface area is 327 Å². The van der Waals surface area contributed by atoms with E-state index in [2.05, 4.69) is 65.8 Å². The van der Waals surface area contributed by atoms with Crippen LogP contribution in [0.1, 0.15) is 136 Å². The molecule has 0 radical (unpaired) electrons. The van der Waals surface area contributed by atoms with Crippen molar-refractivity contribution in [3.63, 3.8) is 0 Å². The molecule has 6 rings (SSSR count). The van der Waals surface area contributed by atoms with Gasteiger partial charge in [-0.05, 0) is 68.5 Å². The minimum absolute atomic E-state index is 0.0314. The summed E-state index contributed by atoms with van der Waals surface area (Å²) in [5.41, 5.74) is 3.61. The Morgan fingerprint density at radius 3 is 2.17 bits per heavy atom. The van der Waals surface area contributed by atoms with Gasteiger partial charge in [-0.2, -0.15) is 4.57 Å². The van der Waals surface area contributed by atoms with E-state index in [0.29, 0.717) is 17.0 Å². The van der Waals surface area contributed by atoms with Crippen LogP contribution in [0, 0.1) is 0 Å². The van der Waals surface area contributed by atoms with Gasteiger partial charge in [0.1, 0.15) is 11.5 Å². The first-order valence-corrected chi connectivity index (χ1v) is 21.7. The smallest absolute Gasteiger partial charge is 0.375 e. The molecule has 0 fully saturated rings. The lowest BCUT2D eigenvalue weighted by Gasteiger charge is -2.23. The Balaban J connectivity index is 1.23. The summed E-state index contributed by atoms with van der Waals surface area (Å²) in [6.07, 6.45) is 23.6. The number of ketones is 1. The van der Waals surface area contributed by atoms with Crippen LogP contribution < -0.4 is 14.2 Å². The Bertz CT molecular complexity index is 1990. The van der Waals surface area contributed by atoms with Crippen molar-refractivity contribution >= 4 is 51.2 Å². The molecule has 1 aromatic heterocycles. The molecule has 2 aliphatic rings. The van der Waals surface area contributed by atoms with Crippen molar-refractivity contribution in [3.05, 3.63) is 88.5 Å². The fourth-order valence-electron chi connectivity index (χ4n) is 7.74. The van der Waals surface area contributed by atoms with E-state index in [9.17, 15) is 9.90 Å². The van der Waals surface area contributed by atoms with Crippen LogP contribution in [0.4, 0.5) is 5.69 Å². The van der Waals surface area contributed by atoms with Crippen LogP contribution in [0.5, 0.6) is 5.75 Å². The van der Waals surface area contributed by atoms with Crippen molar-refractivity contribution in [2.24, 2.45) is 0 Å². The number of Topliss-reactive ketones (excluding diaryl/α,β-unsaturated/α-hetero) is 1. The van der Waals surface area contributed by atoms with Crippen molar-refractivity contribution in [1.82, 2.24) is 0 Å². The summed E-state index contributed by atoms with van der Waals surface area (Å²) in [6, 6.07) is 18.8. The number of rotatable bonds is 22. The number of fused-ring (bicyclic) bond motifs is 4. The lowest BCUT2D eigenvalue weighted by molar-refractivity contribution is -0.677. The number of aromatic nitrogens is 1. The van der Waals surface area contributed by atoms with Crippen LogP contribution in [0.15, 0.2) is 91.9 Å². The molecule has 7 heteroatoms. The normalized spacial score (nSPS) is 15.8. The third kappa shape index (κ3) is 9.63. The monoisotopic (exact) mass is 749 g/mol. The van der Waals surface area contributed by atoms with Gasteiger partial charge < -0.3 is 19.2 Å². The average molecular weight is 750 g/mol. The molecule has 0 unspecified atom stereocenters. The first-order chi connectivity index (χ1) is 26.4. The highest BCUT2D eigenvalue weighted by Gasteiger charge is 2.37. The van der Waals surface area contributed by atoms with Crippen LogP contribution in [-0.2, 0) is 11.3 Å². The maximum Gasteiger partial charge on any atom is 0.375 e. The number of aliphatic hydroxyl groups is 1. The Morgan fingerprint density at radius 1 is 0.815 bits per heavy atom. The molecule has 1 aliphatic carbocycles. The van der Waals surface area contributed by atoms with Crippen molar-refractivity contribution in [1.29, 1.82) is 0 Å². The van der Waals surface area contributed by atoms with Crippen LogP contribution in [0.25, 0.3) is 27.9 Å². The van der Waals surface area contributed by atoms with E-state index in [1.165, 1.54) is 83.5 Å². The molecule has 1 aliphatic heterocycles.